The van der Waals surface area contributed by atoms with Crippen LogP contribution in [0.2, 0.25) is 0 Å². The third kappa shape index (κ3) is 5.11. The summed E-state index contributed by atoms with van der Waals surface area (Å²) in [5, 5.41) is 15.6. The molecule has 1 atom stereocenters. The summed E-state index contributed by atoms with van der Waals surface area (Å²) >= 11 is 0. The molecule has 0 aliphatic rings. The van der Waals surface area contributed by atoms with Gasteiger partial charge in [0.1, 0.15) is 6.54 Å². The Balaban J connectivity index is 0.00000342. The van der Waals surface area contributed by atoms with Crippen molar-refractivity contribution in [3.05, 3.63) is 87.5 Å². The van der Waals surface area contributed by atoms with Gasteiger partial charge < -0.3 is 32.5 Å². The number of nitro groups is 1. The largest absolute Gasteiger partial charge is 1.00 e. The number of fused-ring (bicyclic) bond motifs is 2. The standard InChI is InChI=1S/C26H27N5O3.BrH/c1-16-7-5-8-20-23(27)21-9-6-10-22(25(21)29-24(16)20)26(32)28-17(2)31(3,4)15-18-11-13-19(14-12-18)30(33)34;/h5-14,17H,15H2,1-4H3,(H2-,27,28,29,32);1H. The molecule has 1 aromatic heterocycles. The number of nitrogens with two attached hydrogens (primary N) is 1. The lowest BCUT2D eigenvalue weighted by Crippen LogP contribution is -3.00. The molecule has 0 saturated carbocycles. The zero-order valence-electron chi connectivity index (χ0n) is 20.1. The van der Waals surface area contributed by atoms with Crippen molar-refractivity contribution in [2.75, 3.05) is 19.8 Å². The number of aryl methyl sites for hydroxylation is 1. The molecule has 0 aliphatic heterocycles. The molecule has 1 amide bonds. The Morgan fingerprint density at radius 2 is 1.66 bits per heavy atom. The van der Waals surface area contributed by atoms with E-state index in [2.05, 4.69) is 5.32 Å². The Bertz CT molecular complexity index is 1420. The van der Waals surface area contributed by atoms with Crippen LogP contribution in [0.3, 0.4) is 0 Å². The highest BCUT2D eigenvalue weighted by atomic mass is 79.9. The monoisotopic (exact) mass is 537 g/mol. The fraction of sp³-hybridized carbons (Fsp3) is 0.231. The van der Waals surface area contributed by atoms with E-state index in [0.29, 0.717) is 27.8 Å². The van der Waals surface area contributed by atoms with Gasteiger partial charge >= 0.3 is 0 Å². The van der Waals surface area contributed by atoms with E-state index in [-0.39, 0.29) is 34.7 Å². The Hall–Kier alpha value is -3.56. The SMILES string of the molecule is Cc1cccc2c(N)c3cccc(C(=O)NC(C)[N+](C)(C)Cc4ccc([N+](=O)[O-])cc4)c3nc12.[Br-]. The van der Waals surface area contributed by atoms with Crippen LogP contribution in [0, 0.1) is 17.0 Å². The van der Waals surface area contributed by atoms with Crippen molar-refractivity contribution >= 4 is 39.1 Å². The number of anilines is 1. The number of nitrogen functional groups attached to an aromatic ring is 1. The molecule has 0 spiro atoms. The number of pyridine rings is 1. The number of carbonyl (C=O) groups excluding carboxylic acids is 1. The second-order valence-corrected chi connectivity index (χ2v) is 9.21. The summed E-state index contributed by atoms with van der Waals surface area (Å²) in [6, 6.07) is 17.8. The second kappa shape index (κ2) is 9.97. The Kier molecular flexibility index (Phi) is 7.42. The van der Waals surface area contributed by atoms with Gasteiger partial charge in [0.2, 0.25) is 0 Å². The van der Waals surface area contributed by atoms with Gasteiger partial charge in [0.05, 0.1) is 41.3 Å². The number of rotatable bonds is 6. The van der Waals surface area contributed by atoms with Gasteiger partial charge in [0.25, 0.3) is 11.6 Å². The van der Waals surface area contributed by atoms with Gasteiger partial charge in [-0.05, 0) is 30.7 Å². The van der Waals surface area contributed by atoms with Crippen LogP contribution in [0.4, 0.5) is 11.4 Å². The van der Waals surface area contributed by atoms with E-state index in [1.807, 2.05) is 58.3 Å². The first kappa shape index (κ1) is 26.1. The normalized spacial score (nSPS) is 12.2. The summed E-state index contributed by atoms with van der Waals surface area (Å²) < 4.78 is 0.450. The third-order valence-corrected chi connectivity index (χ3v) is 6.45. The average molecular weight is 538 g/mol. The molecule has 8 nitrogen and oxygen atoms in total. The van der Waals surface area contributed by atoms with Crippen LogP contribution in [-0.4, -0.2) is 40.6 Å². The molecule has 4 aromatic rings. The van der Waals surface area contributed by atoms with Crippen molar-refractivity contribution in [2.45, 2.75) is 26.6 Å². The molecule has 4 rings (SSSR count). The van der Waals surface area contributed by atoms with E-state index in [1.54, 1.807) is 18.2 Å². The molecule has 9 heteroatoms. The number of benzene rings is 3. The number of nitro benzene ring substituents is 1. The van der Waals surface area contributed by atoms with Crippen LogP contribution in [0.1, 0.15) is 28.4 Å². The molecule has 0 fully saturated rings. The Labute approximate surface area is 214 Å². The molecule has 3 aromatic carbocycles. The number of para-hydroxylation sites is 2. The van der Waals surface area contributed by atoms with Crippen molar-refractivity contribution in [1.29, 1.82) is 0 Å². The van der Waals surface area contributed by atoms with Crippen LogP contribution in [0.25, 0.3) is 21.8 Å². The lowest BCUT2D eigenvalue weighted by Gasteiger charge is -2.36. The van der Waals surface area contributed by atoms with Gasteiger partial charge in [-0.1, -0.05) is 30.3 Å². The minimum Gasteiger partial charge on any atom is -1.00 e. The van der Waals surface area contributed by atoms with Crippen molar-refractivity contribution in [3.8, 4) is 0 Å². The van der Waals surface area contributed by atoms with Crippen molar-refractivity contribution in [3.63, 3.8) is 0 Å². The zero-order chi connectivity index (χ0) is 24.6. The smallest absolute Gasteiger partial charge is 0.269 e. The average Bonchev–Trinajstić information content (AvgIpc) is 2.79. The molecule has 182 valence electrons. The fourth-order valence-corrected chi connectivity index (χ4v) is 4.12. The molecule has 35 heavy (non-hydrogen) atoms. The predicted molar refractivity (Wildman–Crippen MR) is 134 cm³/mol. The minimum atomic E-state index is -0.414. The Morgan fingerprint density at radius 3 is 2.29 bits per heavy atom. The van der Waals surface area contributed by atoms with E-state index >= 15 is 0 Å². The summed E-state index contributed by atoms with van der Waals surface area (Å²) in [6.45, 7) is 4.50. The summed E-state index contributed by atoms with van der Waals surface area (Å²) in [5.74, 6) is -0.229. The molecular weight excluding hydrogens is 510 g/mol. The van der Waals surface area contributed by atoms with E-state index in [9.17, 15) is 14.9 Å². The first-order chi connectivity index (χ1) is 16.1. The van der Waals surface area contributed by atoms with E-state index in [4.69, 9.17) is 10.7 Å². The first-order valence-electron chi connectivity index (χ1n) is 11.0. The molecule has 0 aliphatic carbocycles. The molecule has 1 heterocycles. The highest BCUT2D eigenvalue weighted by molar-refractivity contribution is 6.13. The maximum absolute atomic E-state index is 13.3. The number of nitrogens with zero attached hydrogens (tertiary/aromatic N) is 3. The number of nitrogens with one attached hydrogen (secondary N) is 1. The van der Waals surface area contributed by atoms with Gasteiger partial charge in [-0.2, -0.15) is 0 Å². The van der Waals surface area contributed by atoms with Crippen LogP contribution in [0.15, 0.2) is 60.7 Å². The maximum Gasteiger partial charge on any atom is 0.269 e. The number of hydrogen-bond donors (Lipinski definition) is 2. The van der Waals surface area contributed by atoms with Crippen molar-refractivity contribution in [2.24, 2.45) is 0 Å². The summed E-state index contributed by atoms with van der Waals surface area (Å²) in [6.07, 6.45) is -0.238. The van der Waals surface area contributed by atoms with Gasteiger partial charge in [0.15, 0.2) is 6.17 Å². The van der Waals surface area contributed by atoms with Gasteiger partial charge in [-0.3, -0.25) is 14.9 Å². The van der Waals surface area contributed by atoms with E-state index in [0.717, 1.165) is 27.4 Å². The number of carbonyl (C=O) groups is 1. The number of amides is 1. The minimum absolute atomic E-state index is 0. The lowest BCUT2D eigenvalue weighted by molar-refractivity contribution is -0.928. The summed E-state index contributed by atoms with van der Waals surface area (Å²) in [5.41, 5.74) is 10.9. The highest BCUT2D eigenvalue weighted by Gasteiger charge is 2.27. The third-order valence-electron chi connectivity index (χ3n) is 6.45. The molecule has 3 N–H and O–H groups in total. The van der Waals surface area contributed by atoms with Crippen LogP contribution in [-0.2, 0) is 6.54 Å². The van der Waals surface area contributed by atoms with Gasteiger partial charge in [0, 0.05) is 35.4 Å². The zero-order valence-corrected chi connectivity index (χ0v) is 21.7. The van der Waals surface area contributed by atoms with Crippen molar-refractivity contribution in [1.82, 2.24) is 10.3 Å². The molecule has 0 saturated heterocycles. The maximum atomic E-state index is 13.3. The van der Waals surface area contributed by atoms with Crippen LogP contribution < -0.4 is 28.0 Å². The molecular formula is C26H28BrN5O3. The van der Waals surface area contributed by atoms with Crippen LogP contribution in [0.5, 0.6) is 0 Å². The molecule has 0 bridgehead atoms. The quantitative estimate of drug-likeness (QED) is 0.127. The van der Waals surface area contributed by atoms with Crippen molar-refractivity contribution < 1.29 is 31.2 Å². The summed E-state index contributed by atoms with van der Waals surface area (Å²) in [7, 11) is 4.01. The topological polar surface area (TPSA) is 111 Å². The number of quaternary nitrogens is 1. The number of hydrogen-bond acceptors (Lipinski definition) is 5. The number of aromatic nitrogens is 1. The van der Waals surface area contributed by atoms with Gasteiger partial charge in [-0.25, -0.2) is 4.98 Å². The highest BCUT2D eigenvalue weighted by Crippen LogP contribution is 2.31. The van der Waals surface area contributed by atoms with E-state index in [1.165, 1.54) is 12.1 Å². The molecule has 1 unspecified atom stereocenters. The second-order valence-electron chi connectivity index (χ2n) is 9.21. The molecule has 0 radical (unpaired) electrons. The lowest BCUT2D eigenvalue weighted by atomic mass is 10.0. The number of halogens is 1. The van der Waals surface area contributed by atoms with Crippen LogP contribution >= 0.6 is 0 Å². The fourth-order valence-electron chi connectivity index (χ4n) is 4.12. The van der Waals surface area contributed by atoms with Gasteiger partial charge in [-0.15, -0.1) is 0 Å². The first-order valence-corrected chi connectivity index (χ1v) is 11.0. The van der Waals surface area contributed by atoms with E-state index < -0.39 is 4.92 Å². The predicted octanol–water partition coefficient (Wildman–Crippen LogP) is 1.54. The Morgan fingerprint density at radius 1 is 1.06 bits per heavy atom. The number of non-ortho nitro benzene ring substituents is 1. The summed E-state index contributed by atoms with van der Waals surface area (Å²) in [4.78, 5) is 28.7.